The van der Waals surface area contributed by atoms with Gasteiger partial charge in [-0.2, -0.15) is 0 Å². The monoisotopic (exact) mass is 421 g/mol. The normalized spacial score (nSPS) is 13.1. The lowest BCUT2D eigenvalue weighted by Gasteiger charge is -2.27. The maximum Gasteiger partial charge on any atom is 0.256 e. The smallest absolute Gasteiger partial charge is 0.256 e. The zero-order valence-corrected chi connectivity index (χ0v) is 17.3. The molecule has 1 saturated carbocycles. The first-order valence-electron chi connectivity index (χ1n) is 10.3. The highest BCUT2D eigenvalue weighted by molar-refractivity contribution is 5.96. The van der Waals surface area contributed by atoms with Crippen LogP contribution in [0.25, 0.3) is 0 Å². The summed E-state index contributed by atoms with van der Waals surface area (Å²) < 4.78 is 19.0. The molecule has 0 unspecified atom stereocenters. The van der Waals surface area contributed by atoms with Gasteiger partial charge in [0.2, 0.25) is 5.91 Å². The van der Waals surface area contributed by atoms with Gasteiger partial charge in [-0.3, -0.25) is 14.6 Å². The molecule has 4 rings (SSSR count). The minimum atomic E-state index is -0.328. The minimum Gasteiger partial charge on any atom is -0.464 e. The first-order chi connectivity index (χ1) is 15.0. The Kier molecular flexibility index (Phi) is 6.11. The molecule has 1 fully saturated rings. The number of amides is 2. The van der Waals surface area contributed by atoms with Crippen molar-refractivity contribution in [3.8, 4) is 0 Å². The molecular formula is C24H24FN3O3. The van der Waals surface area contributed by atoms with Crippen LogP contribution in [0, 0.1) is 12.7 Å². The number of aromatic nitrogens is 1. The summed E-state index contributed by atoms with van der Waals surface area (Å²) in [6.07, 6.45) is 4.90. The SMILES string of the molecule is Cc1ccc(CN(Cc2ccc(F)cc2)C(=O)CN(C(=O)c2cccnc2)C2CC2)o1. The number of pyridine rings is 1. The Hall–Kier alpha value is -3.48. The van der Waals surface area contributed by atoms with Gasteiger partial charge >= 0.3 is 0 Å². The molecule has 160 valence electrons. The van der Waals surface area contributed by atoms with Gasteiger partial charge in [0.1, 0.15) is 23.9 Å². The zero-order valence-electron chi connectivity index (χ0n) is 17.3. The second-order valence-corrected chi connectivity index (χ2v) is 7.79. The van der Waals surface area contributed by atoms with Crippen molar-refractivity contribution < 1.29 is 18.4 Å². The van der Waals surface area contributed by atoms with Crippen molar-refractivity contribution in [3.05, 3.63) is 89.4 Å². The fraction of sp³-hybridized carbons (Fsp3) is 0.292. The van der Waals surface area contributed by atoms with Crippen LogP contribution in [0.15, 0.2) is 65.3 Å². The lowest BCUT2D eigenvalue weighted by Crippen LogP contribution is -2.43. The second kappa shape index (κ2) is 9.12. The number of carbonyl (C=O) groups excluding carboxylic acids is 2. The highest BCUT2D eigenvalue weighted by atomic mass is 19.1. The van der Waals surface area contributed by atoms with Crippen LogP contribution in [0.2, 0.25) is 0 Å². The van der Waals surface area contributed by atoms with Gasteiger partial charge in [0.15, 0.2) is 0 Å². The summed E-state index contributed by atoms with van der Waals surface area (Å²) in [5.74, 6) is 0.701. The average molecular weight is 421 g/mol. The second-order valence-electron chi connectivity index (χ2n) is 7.79. The van der Waals surface area contributed by atoms with E-state index in [0.717, 1.165) is 24.2 Å². The third-order valence-corrected chi connectivity index (χ3v) is 5.24. The first-order valence-corrected chi connectivity index (χ1v) is 10.3. The molecule has 0 spiro atoms. The summed E-state index contributed by atoms with van der Waals surface area (Å²) in [7, 11) is 0. The molecule has 7 heteroatoms. The van der Waals surface area contributed by atoms with Crippen molar-refractivity contribution >= 4 is 11.8 Å². The maximum atomic E-state index is 13.3. The van der Waals surface area contributed by atoms with Gasteiger partial charge in [-0.25, -0.2) is 4.39 Å². The Morgan fingerprint density at radius 2 is 1.87 bits per heavy atom. The van der Waals surface area contributed by atoms with E-state index in [2.05, 4.69) is 4.98 Å². The van der Waals surface area contributed by atoms with Gasteiger partial charge in [-0.1, -0.05) is 12.1 Å². The molecule has 0 bridgehead atoms. The summed E-state index contributed by atoms with van der Waals surface area (Å²) >= 11 is 0. The first kappa shape index (κ1) is 20.8. The fourth-order valence-electron chi connectivity index (χ4n) is 3.45. The maximum absolute atomic E-state index is 13.3. The molecule has 0 radical (unpaired) electrons. The summed E-state index contributed by atoms with van der Waals surface area (Å²) in [5, 5.41) is 0. The predicted octanol–water partition coefficient (Wildman–Crippen LogP) is 3.96. The van der Waals surface area contributed by atoms with Crippen molar-refractivity contribution in [1.29, 1.82) is 0 Å². The van der Waals surface area contributed by atoms with E-state index in [4.69, 9.17) is 4.42 Å². The van der Waals surface area contributed by atoms with Crippen molar-refractivity contribution in [3.63, 3.8) is 0 Å². The van der Waals surface area contributed by atoms with Gasteiger partial charge < -0.3 is 14.2 Å². The number of nitrogens with zero attached hydrogens (tertiary/aromatic N) is 3. The molecule has 2 amide bonds. The molecule has 3 aromatic rings. The molecule has 0 atom stereocenters. The minimum absolute atomic E-state index is 0.0285. The zero-order chi connectivity index (χ0) is 21.8. The van der Waals surface area contributed by atoms with Gasteiger partial charge in [0, 0.05) is 25.0 Å². The number of hydrogen-bond acceptors (Lipinski definition) is 4. The van der Waals surface area contributed by atoms with E-state index in [1.807, 2.05) is 19.1 Å². The standard InChI is InChI=1S/C24H24FN3O3/c1-17-4-11-22(31-17)15-27(14-18-5-7-20(25)8-6-18)23(29)16-28(21-9-10-21)24(30)19-3-2-12-26-13-19/h2-8,11-13,21H,9-10,14-16H2,1H3. The quantitative estimate of drug-likeness (QED) is 0.552. The Morgan fingerprint density at radius 3 is 2.48 bits per heavy atom. The average Bonchev–Trinajstić information content (AvgIpc) is 3.54. The number of furan rings is 1. The molecule has 2 aromatic heterocycles. The van der Waals surface area contributed by atoms with Gasteiger partial charge in [0.05, 0.1) is 12.1 Å². The molecule has 0 saturated heterocycles. The van der Waals surface area contributed by atoms with Crippen LogP contribution >= 0.6 is 0 Å². The lowest BCUT2D eigenvalue weighted by atomic mass is 10.2. The van der Waals surface area contributed by atoms with Crippen molar-refractivity contribution in [2.24, 2.45) is 0 Å². The van der Waals surface area contributed by atoms with Crippen LogP contribution < -0.4 is 0 Å². The Morgan fingerprint density at radius 1 is 1.10 bits per heavy atom. The number of benzene rings is 1. The number of carbonyl (C=O) groups is 2. The van der Waals surface area contributed by atoms with Crippen molar-refractivity contribution in [1.82, 2.24) is 14.8 Å². The van der Waals surface area contributed by atoms with E-state index < -0.39 is 0 Å². The molecule has 1 aromatic carbocycles. The summed E-state index contributed by atoms with van der Waals surface area (Å²) in [6.45, 7) is 2.37. The number of rotatable bonds is 8. The summed E-state index contributed by atoms with van der Waals surface area (Å²) in [4.78, 5) is 33.6. The molecule has 0 aliphatic heterocycles. The van der Waals surface area contributed by atoms with E-state index in [1.54, 1.807) is 40.3 Å². The van der Waals surface area contributed by atoms with Crippen LogP contribution in [0.3, 0.4) is 0 Å². The van der Waals surface area contributed by atoms with E-state index in [9.17, 15) is 14.0 Å². The summed E-state index contributed by atoms with van der Waals surface area (Å²) in [6, 6.07) is 13.2. The molecule has 0 N–H and O–H groups in total. The summed E-state index contributed by atoms with van der Waals surface area (Å²) in [5.41, 5.74) is 1.27. The molecular weight excluding hydrogens is 397 g/mol. The Labute approximate surface area is 180 Å². The largest absolute Gasteiger partial charge is 0.464 e. The van der Waals surface area contributed by atoms with E-state index >= 15 is 0 Å². The van der Waals surface area contributed by atoms with Crippen LogP contribution in [0.4, 0.5) is 4.39 Å². The predicted molar refractivity (Wildman–Crippen MR) is 112 cm³/mol. The third kappa shape index (κ3) is 5.36. The van der Waals surface area contributed by atoms with Gasteiger partial charge in [-0.15, -0.1) is 0 Å². The molecule has 6 nitrogen and oxygen atoms in total. The molecule has 31 heavy (non-hydrogen) atoms. The lowest BCUT2D eigenvalue weighted by molar-refractivity contribution is -0.133. The highest BCUT2D eigenvalue weighted by Gasteiger charge is 2.35. The molecule has 2 heterocycles. The van der Waals surface area contributed by atoms with Crippen LogP contribution in [-0.4, -0.2) is 39.2 Å². The van der Waals surface area contributed by atoms with Crippen molar-refractivity contribution in [2.45, 2.75) is 38.9 Å². The third-order valence-electron chi connectivity index (χ3n) is 5.24. The number of halogens is 1. The van der Waals surface area contributed by atoms with E-state index in [1.165, 1.54) is 18.3 Å². The van der Waals surface area contributed by atoms with Crippen molar-refractivity contribution in [2.75, 3.05) is 6.54 Å². The van der Waals surface area contributed by atoms with Gasteiger partial charge in [-0.05, 0) is 61.7 Å². The topological polar surface area (TPSA) is 66.7 Å². The van der Waals surface area contributed by atoms with Crippen LogP contribution in [0.5, 0.6) is 0 Å². The van der Waals surface area contributed by atoms with Gasteiger partial charge in [0.25, 0.3) is 5.91 Å². The van der Waals surface area contributed by atoms with Crippen LogP contribution in [-0.2, 0) is 17.9 Å². The molecule has 1 aliphatic carbocycles. The fourth-order valence-corrected chi connectivity index (χ4v) is 3.45. The molecule has 1 aliphatic rings. The Bertz CT molecular complexity index is 1050. The number of aryl methyl sites for hydroxylation is 1. The van der Waals surface area contributed by atoms with E-state index in [0.29, 0.717) is 17.9 Å². The Balaban J connectivity index is 1.53. The van der Waals surface area contributed by atoms with E-state index in [-0.39, 0.29) is 36.8 Å². The number of hydrogen-bond donors (Lipinski definition) is 0. The highest BCUT2D eigenvalue weighted by Crippen LogP contribution is 2.28. The van der Waals surface area contributed by atoms with Crippen LogP contribution in [0.1, 0.15) is 40.3 Å².